The molecule has 2 rings (SSSR count). The standard InChI is InChI=1S/C13H19FN2O2S/c1-2-3-6-16(12-4-5-12)19(17,18)13-8-10(14)7-11(15)9-13/h7-9,12H,2-6,15H2,1H3. The highest BCUT2D eigenvalue weighted by Gasteiger charge is 2.37. The first-order chi connectivity index (χ1) is 8.95. The Labute approximate surface area is 113 Å². The van der Waals surface area contributed by atoms with Crippen molar-refractivity contribution in [3.63, 3.8) is 0 Å². The summed E-state index contributed by atoms with van der Waals surface area (Å²) in [5, 5.41) is 0. The van der Waals surface area contributed by atoms with Gasteiger partial charge in [0.2, 0.25) is 10.0 Å². The summed E-state index contributed by atoms with van der Waals surface area (Å²) in [5.74, 6) is -0.621. The van der Waals surface area contributed by atoms with Gasteiger partial charge in [-0.25, -0.2) is 12.8 Å². The van der Waals surface area contributed by atoms with Crippen LogP contribution in [0, 0.1) is 5.82 Å². The molecular formula is C13H19FN2O2S. The molecule has 1 aliphatic carbocycles. The molecule has 0 bridgehead atoms. The highest BCUT2D eigenvalue weighted by atomic mass is 32.2. The molecule has 0 radical (unpaired) electrons. The fourth-order valence-corrected chi connectivity index (χ4v) is 3.83. The Bertz CT molecular complexity index is 536. The lowest BCUT2D eigenvalue weighted by Crippen LogP contribution is -2.34. The van der Waals surface area contributed by atoms with Gasteiger partial charge in [0.15, 0.2) is 0 Å². The van der Waals surface area contributed by atoms with Crippen LogP contribution >= 0.6 is 0 Å². The average molecular weight is 286 g/mol. The molecule has 1 fully saturated rings. The van der Waals surface area contributed by atoms with Crippen LogP contribution in [0.3, 0.4) is 0 Å². The van der Waals surface area contributed by atoms with Crippen molar-refractivity contribution in [2.75, 3.05) is 12.3 Å². The molecule has 19 heavy (non-hydrogen) atoms. The highest BCUT2D eigenvalue weighted by molar-refractivity contribution is 7.89. The third kappa shape index (κ3) is 3.25. The van der Waals surface area contributed by atoms with Gasteiger partial charge in [-0.1, -0.05) is 13.3 Å². The maximum absolute atomic E-state index is 13.3. The summed E-state index contributed by atoms with van der Waals surface area (Å²) < 4.78 is 39.9. The first kappa shape index (κ1) is 14.3. The Kier molecular flexibility index (Phi) is 4.10. The van der Waals surface area contributed by atoms with Crippen molar-refractivity contribution in [1.82, 2.24) is 4.31 Å². The smallest absolute Gasteiger partial charge is 0.243 e. The van der Waals surface area contributed by atoms with E-state index in [4.69, 9.17) is 5.73 Å². The fraction of sp³-hybridized carbons (Fsp3) is 0.538. The van der Waals surface area contributed by atoms with E-state index in [0.29, 0.717) is 6.54 Å². The van der Waals surface area contributed by atoms with Gasteiger partial charge < -0.3 is 5.73 Å². The number of unbranched alkanes of at least 4 members (excludes halogenated alkanes) is 1. The van der Waals surface area contributed by atoms with E-state index in [1.165, 1.54) is 10.4 Å². The van der Waals surface area contributed by atoms with Crippen molar-refractivity contribution < 1.29 is 12.8 Å². The van der Waals surface area contributed by atoms with Gasteiger partial charge >= 0.3 is 0 Å². The molecule has 0 unspecified atom stereocenters. The lowest BCUT2D eigenvalue weighted by atomic mass is 10.3. The number of sulfonamides is 1. The largest absolute Gasteiger partial charge is 0.399 e. The normalized spacial score (nSPS) is 15.9. The molecule has 0 heterocycles. The van der Waals surface area contributed by atoms with Crippen LogP contribution in [0.1, 0.15) is 32.6 Å². The Balaban J connectivity index is 2.32. The summed E-state index contributed by atoms with van der Waals surface area (Å²) in [4.78, 5) is -0.0481. The quantitative estimate of drug-likeness (QED) is 0.817. The minimum Gasteiger partial charge on any atom is -0.399 e. The van der Waals surface area contributed by atoms with Gasteiger partial charge in [-0.05, 0) is 37.5 Å². The number of hydrogen-bond donors (Lipinski definition) is 1. The molecule has 1 aromatic rings. The van der Waals surface area contributed by atoms with Crippen LogP contribution in [0.25, 0.3) is 0 Å². The first-order valence-electron chi connectivity index (χ1n) is 6.53. The number of halogens is 1. The van der Waals surface area contributed by atoms with E-state index >= 15 is 0 Å². The zero-order valence-electron chi connectivity index (χ0n) is 11.0. The first-order valence-corrected chi connectivity index (χ1v) is 7.97. The third-order valence-corrected chi connectivity index (χ3v) is 5.12. The van der Waals surface area contributed by atoms with E-state index in [1.807, 2.05) is 6.92 Å². The minimum absolute atomic E-state index is 0.0481. The summed E-state index contributed by atoms with van der Waals surface area (Å²) in [6.45, 7) is 2.50. The molecule has 0 amide bonds. The van der Waals surface area contributed by atoms with Crippen LogP contribution in [0.4, 0.5) is 10.1 Å². The summed E-state index contributed by atoms with van der Waals surface area (Å²) in [6.07, 6.45) is 3.49. The molecule has 1 aliphatic rings. The van der Waals surface area contributed by atoms with E-state index in [0.717, 1.165) is 37.8 Å². The zero-order chi connectivity index (χ0) is 14.0. The van der Waals surface area contributed by atoms with Gasteiger partial charge in [-0.2, -0.15) is 4.31 Å². The number of hydrogen-bond acceptors (Lipinski definition) is 3. The Morgan fingerprint density at radius 2 is 2.05 bits per heavy atom. The molecule has 1 aromatic carbocycles. The van der Waals surface area contributed by atoms with Crippen LogP contribution in [-0.4, -0.2) is 25.3 Å². The van der Waals surface area contributed by atoms with Crippen molar-refractivity contribution in [1.29, 1.82) is 0 Å². The second-order valence-corrected chi connectivity index (χ2v) is 6.81. The van der Waals surface area contributed by atoms with Crippen LogP contribution in [-0.2, 0) is 10.0 Å². The lowest BCUT2D eigenvalue weighted by molar-refractivity contribution is 0.395. The van der Waals surface area contributed by atoms with E-state index < -0.39 is 15.8 Å². The Morgan fingerprint density at radius 3 is 2.58 bits per heavy atom. The molecule has 4 nitrogen and oxygen atoms in total. The molecule has 0 saturated heterocycles. The third-order valence-electron chi connectivity index (χ3n) is 3.19. The second-order valence-electron chi connectivity index (χ2n) is 4.92. The van der Waals surface area contributed by atoms with Crippen molar-refractivity contribution >= 4 is 15.7 Å². The molecule has 2 N–H and O–H groups in total. The topological polar surface area (TPSA) is 63.4 Å². The number of nitrogens with two attached hydrogens (primary N) is 1. The Morgan fingerprint density at radius 1 is 1.37 bits per heavy atom. The number of nitrogens with zero attached hydrogens (tertiary/aromatic N) is 1. The van der Waals surface area contributed by atoms with Gasteiger partial charge in [0.1, 0.15) is 5.82 Å². The lowest BCUT2D eigenvalue weighted by Gasteiger charge is -2.21. The van der Waals surface area contributed by atoms with Crippen molar-refractivity contribution in [3.8, 4) is 0 Å². The summed E-state index contributed by atoms with van der Waals surface area (Å²) in [6, 6.07) is 3.54. The second kappa shape index (κ2) is 5.46. The van der Waals surface area contributed by atoms with Gasteiger partial charge in [0.05, 0.1) is 4.90 Å². The molecular weight excluding hydrogens is 267 g/mol. The maximum atomic E-state index is 13.3. The van der Waals surface area contributed by atoms with Crippen molar-refractivity contribution in [2.45, 2.75) is 43.5 Å². The van der Waals surface area contributed by atoms with E-state index in [-0.39, 0.29) is 16.6 Å². The molecule has 0 atom stereocenters. The molecule has 0 aliphatic heterocycles. The van der Waals surface area contributed by atoms with E-state index in [2.05, 4.69) is 0 Å². The van der Waals surface area contributed by atoms with Gasteiger partial charge in [-0.15, -0.1) is 0 Å². The maximum Gasteiger partial charge on any atom is 0.243 e. The number of nitrogen functional groups attached to an aromatic ring is 1. The molecule has 1 saturated carbocycles. The van der Waals surface area contributed by atoms with Crippen molar-refractivity contribution in [3.05, 3.63) is 24.0 Å². The predicted octanol–water partition coefficient (Wildman–Crippen LogP) is 2.36. The summed E-state index contributed by atoms with van der Waals surface area (Å²) in [5.41, 5.74) is 5.65. The van der Waals surface area contributed by atoms with Gasteiger partial charge in [0.25, 0.3) is 0 Å². The highest BCUT2D eigenvalue weighted by Crippen LogP contribution is 2.32. The molecule has 0 spiro atoms. The average Bonchev–Trinajstić information content (AvgIpc) is 3.12. The van der Waals surface area contributed by atoms with Crippen molar-refractivity contribution in [2.24, 2.45) is 0 Å². The molecule has 6 heteroatoms. The van der Waals surface area contributed by atoms with Crippen LogP contribution in [0.5, 0.6) is 0 Å². The monoisotopic (exact) mass is 286 g/mol. The van der Waals surface area contributed by atoms with Crippen LogP contribution in [0.2, 0.25) is 0 Å². The SMILES string of the molecule is CCCCN(C1CC1)S(=O)(=O)c1cc(N)cc(F)c1. The molecule has 0 aromatic heterocycles. The van der Waals surface area contributed by atoms with Gasteiger partial charge in [-0.3, -0.25) is 0 Å². The van der Waals surface area contributed by atoms with Crippen LogP contribution < -0.4 is 5.73 Å². The fourth-order valence-electron chi connectivity index (χ4n) is 2.04. The predicted molar refractivity (Wildman–Crippen MR) is 72.6 cm³/mol. The zero-order valence-corrected chi connectivity index (χ0v) is 11.8. The summed E-state index contributed by atoms with van der Waals surface area (Å²) >= 11 is 0. The van der Waals surface area contributed by atoms with Gasteiger partial charge in [0, 0.05) is 18.3 Å². The van der Waals surface area contributed by atoms with E-state index in [9.17, 15) is 12.8 Å². The number of anilines is 1. The summed E-state index contributed by atoms with van der Waals surface area (Å²) in [7, 11) is -3.64. The number of benzene rings is 1. The minimum atomic E-state index is -3.64. The molecule has 106 valence electrons. The Hall–Kier alpha value is -1.14. The number of rotatable bonds is 6. The van der Waals surface area contributed by atoms with Crippen LogP contribution in [0.15, 0.2) is 23.1 Å². The van der Waals surface area contributed by atoms with E-state index in [1.54, 1.807) is 0 Å².